The second-order valence-electron chi connectivity index (χ2n) is 4.31. The summed E-state index contributed by atoms with van der Waals surface area (Å²) >= 11 is 0. The summed E-state index contributed by atoms with van der Waals surface area (Å²) < 4.78 is 7.59. The highest BCUT2D eigenvalue weighted by Gasteiger charge is 2.07. The molecule has 2 heterocycles. The van der Waals surface area contributed by atoms with Crippen molar-refractivity contribution in [3.63, 3.8) is 0 Å². The number of benzene rings is 1. The summed E-state index contributed by atoms with van der Waals surface area (Å²) in [6.45, 7) is 0.729. The van der Waals surface area contributed by atoms with Crippen molar-refractivity contribution in [3.05, 3.63) is 60.6 Å². The van der Waals surface area contributed by atoms with Crippen LogP contribution in [0.15, 0.2) is 59.3 Å². The maximum atomic E-state index is 5.74. The lowest BCUT2D eigenvalue weighted by atomic mass is 10.3. The number of para-hydroxylation sites is 1. The molecular weight excluding hydrogens is 238 g/mol. The molecule has 0 unspecified atom stereocenters. The zero-order valence-corrected chi connectivity index (χ0v) is 10.7. The minimum absolute atomic E-state index is 0.729. The maximum Gasteiger partial charge on any atom is 0.137 e. The van der Waals surface area contributed by atoms with Crippen molar-refractivity contribution in [2.24, 2.45) is 0 Å². The van der Waals surface area contributed by atoms with Crippen molar-refractivity contribution in [1.29, 1.82) is 0 Å². The lowest BCUT2D eigenvalue weighted by Gasteiger charge is -1.98. The van der Waals surface area contributed by atoms with Gasteiger partial charge in [0.2, 0.25) is 0 Å². The Hall–Kier alpha value is -2.33. The molecule has 4 nitrogen and oxygen atoms in total. The summed E-state index contributed by atoms with van der Waals surface area (Å²) in [6.07, 6.45) is 3.78. The van der Waals surface area contributed by atoms with Crippen LogP contribution in [0, 0.1) is 0 Å². The van der Waals surface area contributed by atoms with Crippen LogP contribution in [0.2, 0.25) is 0 Å². The topological polar surface area (TPSA) is 43.0 Å². The van der Waals surface area contributed by atoms with E-state index < -0.39 is 0 Å². The predicted octanol–water partition coefficient (Wildman–Crippen LogP) is 2.85. The fraction of sp³-hybridized carbons (Fsp3) is 0.133. The Bertz CT molecular complexity index is 655. The Balaban J connectivity index is 1.88. The van der Waals surface area contributed by atoms with Gasteiger partial charge in [-0.25, -0.2) is 4.68 Å². The third-order valence-electron chi connectivity index (χ3n) is 2.90. The summed E-state index contributed by atoms with van der Waals surface area (Å²) in [4.78, 5) is 0. The summed E-state index contributed by atoms with van der Waals surface area (Å²) in [6, 6.07) is 14.0. The Morgan fingerprint density at radius 3 is 2.79 bits per heavy atom. The first-order valence-electron chi connectivity index (χ1n) is 6.20. The first-order chi connectivity index (χ1) is 9.36. The number of nitrogens with zero attached hydrogens (tertiary/aromatic N) is 2. The SMILES string of the molecule is CNCc1ccc(-c2cnn(-c3ccccc3)c2)o1. The highest BCUT2D eigenvalue weighted by molar-refractivity contribution is 5.56. The lowest BCUT2D eigenvalue weighted by Crippen LogP contribution is -2.03. The van der Waals surface area contributed by atoms with E-state index in [2.05, 4.69) is 10.4 Å². The molecule has 3 aromatic rings. The van der Waals surface area contributed by atoms with Gasteiger partial charge < -0.3 is 9.73 Å². The van der Waals surface area contributed by atoms with E-state index in [4.69, 9.17) is 4.42 Å². The summed E-state index contributed by atoms with van der Waals surface area (Å²) in [5.41, 5.74) is 2.02. The van der Waals surface area contributed by atoms with Gasteiger partial charge in [-0.2, -0.15) is 5.10 Å². The molecule has 0 fully saturated rings. The van der Waals surface area contributed by atoms with Crippen molar-refractivity contribution in [1.82, 2.24) is 15.1 Å². The molecule has 0 saturated carbocycles. The summed E-state index contributed by atoms with van der Waals surface area (Å²) in [5, 5.41) is 7.42. The van der Waals surface area contributed by atoms with E-state index in [0.717, 1.165) is 29.3 Å². The van der Waals surface area contributed by atoms with Gasteiger partial charge in [0.25, 0.3) is 0 Å². The van der Waals surface area contributed by atoms with Gasteiger partial charge in [-0.05, 0) is 31.3 Å². The minimum Gasteiger partial charge on any atom is -0.460 e. The van der Waals surface area contributed by atoms with Crippen molar-refractivity contribution in [2.45, 2.75) is 6.54 Å². The Kier molecular flexibility index (Phi) is 3.16. The Morgan fingerprint density at radius 1 is 1.16 bits per heavy atom. The fourth-order valence-corrected chi connectivity index (χ4v) is 1.97. The molecule has 19 heavy (non-hydrogen) atoms. The second kappa shape index (κ2) is 5.12. The third-order valence-corrected chi connectivity index (χ3v) is 2.90. The molecule has 0 atom stereocenters. The van der Waals surface area contributed by atoms with E-state index in [1.54, 1.807) is 0 Å². The monoisotopic (exact) mass is 253 g/mol. The van der Waals surface area contributed by atoms with Crippen LogP contribution in [0.3, 0.4) is 0 Å². The van der Waals surface area contributed by atoms with E-state index in [0.29, 0.717) is 0 Å². The van der Waals surface area contributed by atoms with Crippen LogP contribution < -0.4 is 5.32 Å². The number of furan rings is 1. The van der Waals surface area contributed by atoms with Gasteiger partial charge in [-0.3, -0.25) is 0 Å². The van der Waals surface area contributed by atoms with Gasteiger partial charge in [-0.15, -0.1) is 0 Å². The molecule has 1 aromatic carbocycles. The predicted molar refractivity (Wildman–Crippen MR) is 74.0 cm³/mol. The number of hydrogen-bond donors (Lipinski definition) is 1. The van der Waals surface area contributed by atoms with Crippen LogP contribution in [-0.4, -0.2) is 16.8 Å². The van der Waals surface area contributed by atoms with Gasteiger partial charge in [0.1, 0.15) is 11.5 Å². The van der Waals surface area contributed by atoms with Crippen molar-refractivity contribution < 1.29 is 4.42 Å². The normalized spacial score (nSPS) is 10.8. The number of hydrogen-bond acceptors (Lipinski definition) is 3. The number of rotatable bonds is 4. The summed E-state index contributed by atoms with van der Waals surface area (Å²) in [7, 11) is 1.90. The summed E-state index contributed by atoms with van der Waals surface area (Å²) in [5.74, 6) is 1.76. The van der Waals surface area contributed by atoms with Crippen LogP contribution in [-0.2, 0) is 6.54 Å². The van der Waals surface area contributed by atoms with Crippen molar-refractivity contribution in [3.8, 4) is 17.0 Å². The average molecular weight is 253 g/mol. The molecule has 0 aliphatic carbocycles. The molecule has 3 rings (SSSR count). The van der Waals surface area contributed by atoms with Gasteiger partial charge in [-0.1, -0.05) is 18.2 Å². The second-order valence-corrected chi connectivity index (χ2v) is 4.31. The molecule has 0 aliphatic rings. The number of aromatic nitrogens is 2. The van der Waals surface area contributed by atoms with E-state index in [1.807, 2.05) is 66.6 Å². The largest absolute Gasteiger partial charge is 0.460 e. The molecule has 0 spiro atoms. The van der Waals surface area contributed by atoms with Crippen LogP contribution in [0.5, 0.6) is 0 Å². The molecule has 0 aliphatic heterocycles. The van der Waals surface area contributed by atoms with Gasteiger partial charge >= 0.3 is 0 Å². The average Bonchev–Trinajstić information content (AvgIpc) is 3.08. The van der Waals surface area contributed by atoms with Crippen LogP contribution in [0.4, 0.5) is 0 Å². The highest BCUT2D eigenvalue weighted by Crippen LogP contribution is 2.22. The van der Waals surface area contributed by atoms with E-state index >= 15 is 0 Å². The first kappa shape index (κ1) is 11.7. The van der Waals surface area contributed by atoms with Crippen molar-refractivity contribution >= 4 is 0 Å². The van der Waals surface area contributed by atoms with E-state index in [-0.39, 0.29) is 0 Å². The zero-order chi connectivity index (χ0) is 13.1. The molecule has 4 heteroatoms. The minimum atomic E-state index is 0.729. The Labute approximate surface area is 111 Å². The van der Waals surface area contributed by atoms with Crippen LogP contribution in [0.25, 0.3) is 17.0 Å². The third kappa shape index (κ3) is 2.44. The van der Waals surface area contributed by atoms with Crippen molar-refractivity contribution in [2.75, 3.05) is 7.05 Å². The smallest absolute Gasteiger partial charge is 0.137 e. The standard InChI is InChI=1S/C15H15N3O/c1-16-10-14-7-8-15(19-14)12-9-17-18(11-12)13-5-3-2-4-6-13/h2-9,11,16H,10H2,1H3. The molecule has 0 radical (unpaired) electrons. The van der Waals surface area contributed by atoms with Crippen LogP contribution in [0.1, 0.15) is 5.76 Å². The quantitative estimate of drug-likeness (QED) is 0.777. The highest BCUT2D eigenvalue weighted by atomic mass is 16.3. The molecule has 1 N–H and O–H groups in total. The number of nitrogens with one attached hydrogen (secondary N) is 1. The van der Waals surface area contributed by atoms with E-state index in [1.165, 1.54) is 0 Å². The molecule has 0 amide bonds. The first-order valence-corrected chi connectivity index (χ1v) is 6.20. The zero-order valence-electron chi connectivity index (χ0n) is 10.7. The van der Waals surface area contributed by atoms with Gasteiger partial charge in [0.05, 0.1) is 24.0 Å². The van der Waals surface area contributed by atoms with Gasteiger partial charge in [0.15, 0.2) is 0 Å². The molecule has 0 saturated heterocycles. The Morgan fingerprint density at radius 2 is 2.00 bits per heavy atom. The lowest BCUT2D eigenvalue weighted by molar-refractivity contribution is 0.507. The molecule has 0 bridgehead atoms. The molecule has 2 aromatic heterocycles. The van der Waals surface area contributed by atoms with Gasteiger partial charge in [0, 0.05) is 6.20 Å². The van der Waals surface area contributed by atoms with Crippen LogP contribution >= 0.6 is 0 Å². The molecular formula is C15H15N3O. The van der Waals surface area contributed by atoms with E-state index in [9.17, 15) is 0 Å². The fourth-order valence-electron chi connectivity index (χ4n) is 1.97. The maximum absolute atomic E-state index is 5.74. The molecule has 96 valence electrons.